The molecule has 2 aromatic heterocycles. The first kappa shape index (κ1) is 20.1. The lowest BCUT2D eigenvalue weighted by atomic mass is 10.1. The fourth-order valence-electron chi connectivity index (χ4n) is 4.75. The summed E-state index contributed by atoms with van der Waals surface area (Å²) >= 11 is 6.16. The molecule has 1 spiro atoms. The van der Waals surface area contributed by atoms with E-state index >= 15 is 0 Å². The minimum absolute atomic E-state index is 0.215. The second-order valence-electron chi connectivity index (χ2n) is 8.27. The number of ether oxygens (including phenoxy) is 2. The largest absolute Gasteiger partial charge is 0.464 e. The number of aromatic nitrogens is 1. The molecule has 2 aliphatic rings. The molecule has 0 unspecified atom stereocenters. The Hall–Kier alpha value is -3.49. The molecule has 2 saturated heterocycles. The van der Waals surface area contributed by atoms with Gasteiger partial charge in [0, 0.05) is 52.8 Å². The van der Waals surface area contributed by atoms with Crippen LogP contribution in [0.15, 0.2) is 59.3 Å². The summed E-state index contributed by atoms with van der Waals surface area (Å²) in [5.74, 6) is -3.41. The zero-order valence-corrected chi connectivity index (χ0v) is 18.3. The van der Waals surface area contributed by atoms with Crippen LogP contribution in [0.5, 0.6) is 0 Å². The molecular weight excluding hydrogens is 446 g/mol. The molecule has 4 aromatic rings. The molecule has 2 aliphatic heterocycles. The molecule has 0 radical (unpaired) electrons. The van der Waals surface area contributed by atoms with E-state index in [0.29, 0.717) is 31.1 Å². The van der Waals surface area contributed by atoms with Crippen LogP contribution in [-0.2, 0) is 25.5 Å². The van der Waals surface area contributed by atoms with Gasteiger partial charge in [0.25, 0.3) is 0 Å². The van der Waals surface area contributed by atoms with E-state index in [1.54, 1.807) is 12.3 Å². The zero-order chi connectivity index (χ0) is 22.6. The number of rotatable bonds is 4. The quantitative estimate of drug-likeness (QED) is 0.363. The molecule has 0 saturated carbocycles. The summed E-state index contributed by atoms with van der Waals surface area (Å²) in [5, 5.41) is 2.63. The Labute approximate surface area is 193 Å². The second kappa shape index (κ2) is 7.54. The van der Waals surface area contributed by atoms with Crippen molar-refractivity contribution < 1.29 is 23.5 Å². The van der Waals surface area contributed by atoms with Gasteiger partial charge in [-0.1, -0.05) is 17.7 Å². The summed E-state index contributed by atoms with van der Waals surface area (Å²) < 4.78 is 16.8. The number of piperazine rings is 1. The number of hydrogen-bond donors (Lipinski definition) is 1. The van der Waals surface area contributed by atoms with Crippen molar-refractivity contribution in [1.29, 1.82) is 0 Å². The first-order chi connectivity index (χ1) is 16.0. The normalized spacial score (nSPS) is 18.4. The monoisotopic (exact) mass is 465 g/mol. The maximum Gasteiger partial charge on any atom is 0.421 e. The average molecular weight is 466 g/mol. The second-order valence-corrected chi connectivity index (χ2v) is 8.70. The lowest BCUT2D eigenvalue weighted by molar-refractivity contribution is -0.250. The predicted octanol–water partition coefficient (Wildman–Crippen LogP) is 3.69. The lowest BCUT2D eigenvalue weighted by Gasteiger charge is -2.45. The van der Waals surface area contributed by atoms with E-state index < -0.39 is 17.8 Å². The number of esters is 2. The molecule has 0 atom stereocenters. The molecule has 1 N–H and O–H groups in total. The predicted molar refractivity (Wildman–Crippen MR) is 122 cm³/mol. The summed E-state index contributed by atoms with van der Waals surface area (Å²) in [6.07, 6.45) is 4.21. The van der Waals surface area contributed by atoms with Crippen LogP contribution in [0.25, 0.3) is 21.9 Å². The van der Waals surface area contributed by atoms with Crippen molar-refractivity contribution in [3.8, 4) is 0 Å². The third-order valence-electron chi connectivity index (χ3n) is 6.36. The first-order valence-electron chi connectivity index (χ1n) is 10.7. The van der Waals surface area contributed by atoms with Gasteiger partial charge in [0.05, 0.1) is 6.26 Å². The fraction of sp³-hybridized carbons (Fsp3) is 0.250. The molecule has 0 aliphatic carbocycles. The molecule has 2 aromatic carbocycles. The van der Waals surface area contributed by atoms with E-state index in [-0.39, 0.29) is 6.54 Å². The van der Waals surface area contributed by atoms with Crippen molar-refractivity contribution in [2.75, 3.05) is 31.1 Å². The van der Waals surface area contributed by atoms with Crippen molar-refractivity contribution >= 4 is 51.1 Å². The highest BCUT2D eigenvalue weighted by Gasteiger charge is 2.56. The number of furan rings is 1. The third kappa shape index (κ3) is 3.34. The number of carbonyl (C=O) groups excluding carboxylic acids is 2. The Morgan fingerprint density at radius 3 is 2.73 bits per heavy atom. The minimum Gasteiger partial charge on any atom is -0.464 e. The number of anilines is 1. The lowest BCUT2D eigenvalue weighted by Crippen LogP contribution is -2.64. The Kier molecular flexibility index (Phi) is 4.60. The molecular formula is C24H20ClN3O5. The highest BCUT2D eigenvalue weighted by atomic mass is 35.5. The number of nitrogens with one attached hydrogen (secondary N) is 1. The Balaban J connectivity index is 1.29. The number of aromatic amines is 1. The zero-order valence-electron chi connectivity index (χ0n) is 17.5. The first-order valence-corrected chi connectivity index (χ1v) is 11.1. The average Bonchev–Trinajstić information content (AvgIpc) is 3.51. The van der Waals surface area contributed by atoms with Crippen LogP contribution in [0.1, 0.15) is 5.56 Å². The standard InChI is InChI=1S/C24H20ClN3O5/c25-16-4-5-21-18(12-16)15(13-31-21)7-9-28-11-10-27(14-24(28)32-22(29)23(30)33-24)20-3-1-2-19-17(20)6-8-26-19/h1-6,8,12-13,26H,7,9-11,14H2. The van der Waals surface area contributed by atoms with Gasteiger partial charge in [0.15, 0.2) is 0 Å². The van der Waals surface area contributed by atoms with E-state index in [1.807, 2.05) is 47.5 Å². The van der Waals surface area contributed by atoms with Crippen molar-refractivity contribution in [3.05, 3.63) is 65.5 Å². The number of H-pyrrole nitrogens is 1. The Bertz CT molecular complexity index is 1380. The van der Waals surface area contributed by atoms with E-state index in [0.717, 1.165) is 33.1 Å². The van der Waals surface area contributed by atoms with Gasteiger partial charge in [-0.2, -0.15) is 0 Å². The van der Waals surface area contributed by atoms with Gasteiger partial charge in [-0.3, -0.25) is 0 Å². The van der Waals surface area contributed by atoms with Crippen molar-refractivity contribution in [2.45, 2.75) is 12.3 Å². The Morgan fingerprint density at radius 1 is 1.03 bits per heavy atom. The van der Waals surface area contributed by atoms with E-state index in [4.69, 9.17) is 25.5 Å². The van der Waals surface area contributed by atoms with E-state index in [2.05, 4.69) is 9.88 Å². The highest BCUT2D eigenvalue weighted by molar-refractivity contribution is 6.31. The molecule has 9 heteroatoms. The summed E-state index contributed by atoms with van der Waals surface area (Å²) in [4.78, 5) is 31.4. The summed E-state index contributed by atoms with van der Waals surface area (Å²) in [6.45, 7) is 1.94. The van der Waals surface area contributed by atoms with Crippen molar-refractivity contribution in [1.82, 2.24) is 9.88 Å². The van der Waals surface area contributed by atoms with Gasteiger partial charge in [0.1, 0.15) is 12.1 Å². The SMILES string of the molecule is O=C1OC2(CN(c3cccc4[nH]ccc34)CCN2CCc2coc3ccc(Cl)cc23)OC1=O. The molecule has 168 valence electrons. The van der Waals surface area contributed by atoms with Crippen molar-refractivity contribution in [3.63, 3.8) is 0 Å². The number of benzene rings is 2. The van der Waals surface area contributed by atoms with Crippen LogP contribution in [0, 0.1) is 0 Å². The number of halogens is 1. The number of nitrogens with zero attached hydrogens (tertiary/aromatic N) is 2. The summed E-state index contributed by atoms with van der Waals surface area (Å²) in [5.41, 5.74) is 3.74. The van der Waals surface area contributed by atoms with Gasteiger partial charge in [0.2, 0.25) is 0 Å². The molecule has 8 nitrogen and oxygen atoms in total. The topological polar surface area (TPSA) is 88.0 Å². The van der Waals surface area contributed by atoms with E-state index in [1.165, 1.54) is 0 Å². The van der Waals surface area contributed by atoms with Gasteiger partial charge >= 0.3 is 17.8 Å². The van der Waals surface area contributed by atoms with Gasteiger partial charge in [-0.05, 0) is 48.4 Å². The maximum atomic E-state index is 12.1. The third-order valence-corrected chi connectivity index (χ3v) is 6.60. The molecule has 33 heavy (non-hydrogen) atoms. The molecule has 0 bridgehead atoms. The maximum absolute atomic E-state index is 12.1. The Morgan fingerprint density at radius 2 is 1.88 bits per heavy atom. The smallest absolute Gasteiger partial charge is 0.421 e. The van der Waals surface area contributed by atoms with Crippen LogP contribution in [0.3, 0.4) is 0 Å². The minimum atomic E-state index is -1.47. The molecule has 6 rings (SSSR count). The van der Waals surface area contributed by atoms with Gasteiger partial charge < -0.3 is 23.8 Å². The molecule has 4 heterocycles. The van der Waals surface area contributed by atoms with Gasteiger partial charge in [-0.25, -0.2) is 14.5 Å². The summed E-state index contributed by atoms with van der Waals surface area (Å²) in [7, 11) is 0. The fourth-order valence-corrected chi connectivity index (χ4v) is 4.93. The van der Waals surface area contributed by atoms with Crippen LogP contribution < -0.4 is 4.90 Å². The molecule has 2 fully saturated rings. The van der Waals surface area contributed by atoms with E-state index in [9.17, 15) is 9.59 Å². The molecule has 0 amide bonds. The van der Waals surface area contributed by atoms with Crippen molar-refractivity contribution in [2.24, 2.45) is 0 Å². The van der Waals surface area contributed by atoms with Crippen LogP contribution in [0.4, 0.5) is 5.69 Å². The number of carbonyl (C=O) groups is 2. The number of fused-ring (bicyclic) bond motifs is 2. The summed E-state index contributed by atoms with van der Waals surface area (Å²) in [6, 6.07) is 13.5. The van der Waals surface area contributed by atoms with Crippen LogP contribution in [-0.4, -0.2) is 53.9 Å². The highest BCUT2D eigenvalue weighted by Crippen LogP contribution is 2.35. The van der Waals surface area contributed by atoms with Crippen LogP contribution in [0.2, 0.25) is 5.02 Å². The number of hydrogen-bond acceptors (Lipinski definition) is 7. The van der Waals surface area contributed by atoms with Crippen LogP contribution >= 0.6 is 11.6 Å². The van der Waals surface area contributed by atoms with Gasteiger partial charge in [-0.15, -0.1) is 0 Å².